The zero-order valence-corrected chi connectivity index (χ0v) is 12.3. The molecule has 122 valence electrons. The SMILES string of the molecule is O=C(CNCC(F)(F)F)N1CCC(CN2CCCC2)CC1. The van der Waals surface area contributed by atoms with Crippen LogP contribution < -0.4 is 5.32 Å². The molecule has 0 aromatic rings. The minimum atomic E-state index is -4.26. The zero-order chi connectivity index (χ0) is 15.3. The maximum atomic E-state index is 12.0. The number of hydrogen-bond acceptors (Lipinski definition) is 3. The summed E-state index contributed by atoms with van der Waals surface area (Å²) >= 11 is 0. The third kappa shape index (κ3) is 5.82. The van der Waals surface area contributed by atoms with Crippen LogP contribution >= 0.6 is 0 Å². The molecule has 1 N–H and O–H groups in total. The van der Waals surface area contributed by atoms with E-state index in [1.807, 2.05) is 0 Å². The number of alkyl halides is 3. The molecule has 2 aliphatic heterocycles. The van der Waals surface area contributed by atoms with Crippen LogP contribution in [-0.2, 0) is 4.79 Å². The molecular weight excluding hydrogens is 283 g/mol. The average Bonchev–Trinajstić information content (AvgIpc) is 2.91. The second-order valence-electron chi connectivity index (χ2n) is 6.05. The van der Waals surface area contributed by atoms with Gasteiger partial charge in [-0.05, 0) is 44.7 Å². The highest BCUT2D eigenvalue weighted by Crippen LogP contribution is 2.20. The number of amides is 1. The quantitative estimate of drug-likeness (QED) is 0.835. The highest BCUT2D eigenvalue weighted by molar-refractivity contribution is 5.78. The largest absolute Gasteiger partial charge is 0.401 e. The van der Waals surface area contributed by atoms with Crippen molar-refractivity contribution in [2.45, 2.75) is 31.9 Å². The number of carbonyl (C=O) groups excluding carboxylic acids is 1. The molecule has 0 aliphatic carbocycles. The molecule has 4 nitrogen and oxygen atoms in total. The van der Waals surface area contributed by atoms with Gasteiger partial charge in [0, 0.05) is 19.6 Å². The van der Waals surface area contributed by atoms with Crippen LogP contribution in [-0.4, -0.2) is 67.7 Å². The summed E-state index contributed by atoms with van der Waals surface area (Å²) in [6, 6.07) is 0. The van der Waals surface area contributed by atoms with Crippen molar-refractivity contribution in [1.82, 2.24) is 15.1 Å². The summed E-state index contributed by atoms with van der Waals surface area (Å²) in [5.41, 5.74) is 0. The molecule has 0 unspecified atom stereocenters. The minimum Gasteiger partial charge on any atom is -0.342 e. The Bertz CT molecular complexity index is 335. The Morgan fingerprint density at radius 2 is 1.71 bits per heavy atom. The summed E-state index contributed by atoms with van der Waals surface area (Å²) < 4.78 is 36.0. The molecule has 0 aromatic heterocycles. The summed E-state index contributed by atoms with van der Waals surface area (Å²) in [5.74, 6) is 0.397. The summed E-state index contributed by atoms with van der Waals surface area (Å²) in [6.07, 6.45) is 0.219. The summed E-state index contributed by atoms with van der Waals surface area (Å²) in [7, 11) is 0. The van der Waals surface area contributed by atoms with Crippen LogP contribution in [0.3, 0.4) is 0 Å². The van der Waals surface area contributed by atoms with Gasteiger partial charge in [0.15, 0.2) is 0 Å². The van der Waals surface area contributed by atoms with Crippen LogP contribution in [0, 0.1) is 5.92 Å². The first-order valence-electron chi connectivity index (χ1n) is 7.71. The van der Waals surface area contributed by atoms with Crippen molar-refractivity contribution in [3.05, 3.63) is 0 Å². The maximum absolute atomic E-state index is 12.0. The van der Waals surface area contributed by atoms with Gasteiger partial charge in [0.1, 0.15) is 0 Å². The predicted octanol–water partition coefficient (Wildman–Crippen LogP) is 1.47. The molecule has 21 heavy (non-hydrogen) atoms. The minimum absolute atomic E-state index is 0.223. The summed E-state index contributed by atoms with van der Waals surface area (Å²) in [5, 5.41) is 2.17. The van der Waals surface area contributed by atoms with E-state index in [0.717, 1.165) is 19.4 Å². The molecule has 0 spiro atoms. The first-order valence-corrected chi connectivity index (χ1v) is 7.71. The van der Waals surface area contributed by atoms with Gasteiger partial charge in [-0.2, -0.15) is 13.2 Å². The molecule has 2 heterocycles. The molecular formula is C14H24F3N3O. The average molecular weight is 307 g/mol. The van der Waals surface area contributed by atoms with E-state index < -0.39 is 12.7 Å². The number of piperidine rings is 1. The number of nitrogens with one attached hydrogen (secondary N) is 1. The van der Waals surface area contributed by atoms with Gasteiger partial charge >= 0.3 is 6.18 Å². The first-order chi connectivity index (χ1) is 9.94. The lowest BCUT2D eigenvalue weighted by Crippen LogP contribution is -2.45. The fourth-order valence-corrected chi connectivity index (χ4v) is 3.12. The van der Waals surface area contributed by atoms with Gasteiger partial charge in [0.2, 0.25) is 5.91 Å². The second-order valence-corrected chi connectivity index (χ2v) is 6.05. The van der Waals surface area contributed by atoms with Crippen LogP contribution in [0.15, 0.2) is 0 Å². The van der Waals surface area contributed by atoms with Crippen LogP contribution in [0.2, 0.25) is 0 Å². The van der Waals surface area contributed by atoms with Gasteiger partial charge in [0.05, 0.1) is 13.1 Å². The van der Waals surface area contributed by atoms with Crippen molar-refractivity contribution >= 4 is 5.91 Å². The number of hydrogen-bond donors (Lipinski definition) is 1. The molecule has 0 atom stereocenters. The molecule has 0 bridgehead atoms. The van der Waals surface area contributed by atoms with Crippen molar-refractivity contribution in [3.8, 4) is 0 Å². The van der Waals surface area contributed by atoms with Gasteiger partial charge in [-0.3, -0.25) is 4.79 Å². The van der Waals surface area contributed by atoms with Crippen molar-refractivity contribution in [2.75, 3.05) is 45.8 Å². The second kappa shape index (κ2) is 7.45. The molecule has 0 aromatic carbocycles. The summed E-state index contributed by atoms with van der Waals surface area (Å²) in [6.45, 7) is 3.48. The van der Waals surface area contributed by atoms with Gasteiger partial charge in [0.25, 0.3) is 0 Å². The van der Waals surface area contributed by atoms with Crippen molar-refractivity contribution in [2.24, 2.45) is 5.92 Å². The fraction of sp³-hybridized carbons (Fsp3) is 0.929. The maximum Gasteiger partial charge on any atom is 0.401 e. The normalized spacial score (nSPS) is 22.0. The van der Waals surface area contributed by atoms with Gasteiger partial charge in [-0.15, -0.1) is 0 Å². The third-order valence-electron chi connectivity index (χ3n) is 4.28. The number of rotatable bonds is 5. The molecule has 7 heteroatoms. The topological polar surface area (TPSA) is 35.6 Å². The molecule has 2 saturated heterocycles. The van der Waals surface area contributed by atoms with Gasteiger partial charge in [-0.25, -0.2) is 0 Å². The Kier molecular flexibility index (Phi) is 5.87. The Morgan fingerprint density at radius 3 is 2.29 bits per heavy atom. The summed E-state index contributed by atoms with van der Waals surface area (Å²) in [4.78, 5) is 16.0. The van der Waals surface area contributed by atoms with Gasteiger partial charge in [-0.1, -0.05) is 0 Å². The van der Waals surface area contributed by atoms with Gasteiger partial charge < -0.3 is 15.1 Å². The van der Waals surface area contributed by atoms with Crippen molar-refractivity contribution in [3.63, 3.8) is 0 Å². The molecule has 0 saturated carbocycles. The Labute approximate surface area is 123 Å². The molecule has 2 rings (SSSR count). The van der Waals surface area contributed by atoms with Crippen LogP contribution in [0.1, 0.15) is 25.7 Å². The van der Waals surface area contributed by atoms with Crippen LogP contribution in [0.5, 0.6) is 0 Å². The molecule has 0 radical (unpaired) electrons. The molecule has 2 fully saturated rings. The number of carbonyl (C=O) groups is 1. The molecule has 1 amide bonds. The standard InChI is InChI=1S/C14H24F3N3O/c15-14(16,17)11-18-9-13(21)20-7-3-12(4-8-20)10-19-5-1-2-6-19/h12,18H,1-11H2. The smallest absolute Gasteiger partial charge is 0.342 e. The highest BCUT2D eigenvalue weighted by Gasteiger charge is 2.28. The van der Waals surface area contributed by atoms with E-state index in [1.54, 1.807) is 4.90 Å². The van der Waals surface area contributed by atoms with E-state index in [0.29, 0.717) is 19.0 Å². The lowest BCUT2D eigenvalue weighted by Gasteiger charge is -2.34. The van der Waals surface area contributed by atoms with E-state index in [4.69, 9.17) is 0 Å². The third-order valence-corrected chi connectivity index (χ3v) is 4.28. The zero-order valence-electron chi connectivity index (χ0n) is 12.3. The van der Waals surface area contributed by atoms with E-state index in [-0.39, 0.29) is 12.5 Å². The van der Waals surface area contributed by atoms with E-state index in [9.17, 15) is 18.0 Å². The Hall–Kier alpha value is -0.820. The lowest BCUT2D eigenvalue weighted by molar-refractivity contribution is -0.135. The Morgan fingerprint density at radius 1 is 1.10 bits per heavy atom. The Balaban J connectivity index is 1.62. The predicted molar refractivity (Wildman–Crippen MR) is 73.9 cm³/mol. The highest BCUT2D eigenvalue weighted by atomic mass is 19.4. The van der Waals surface area contributed by atoms with Crippen molar-refractivity contribution < 1.29 is 18.0 Å². The van der Waals surface area contributed by atoms with E-state index >= 15 is 0 Å². The lowest BCUT2D eigenvalue weighted by atomic mass is 9.96. The monoisotopic (exact) mass is 307 g/mol. The number of likely N-dealkylation sites (tertiary alicyclic amines) is 2. The van der Waals surface area contributed by atoms with E-state index in [2.05, 4.69) is 10.2 Å². The first kappa shape index (κ1) is 16.5. The fourth-order valence-electron chi connectivity index (χ4n) is 3.12. The van der Waals surface area contributed by atoms with Crippen LogP contribution in [0.25, 0.3) is 0 Å². The molecule has 2 aliphatic rings. The van der Waals surface area contributed by atoms with Crippen molar-refractivity contribution in [1.29, 1.82) is 0 Å². The van der Waals surface area contributed by atoms with Crippen LogP contribution in [0.4, 0.5) is 13.2 Å². The number of nitrogens with zero attached hydrogens (tertiary/aromatic N) is 2. The number of halogens is 3. The van der Waals surface area contributed by atoms with E-state index in [1.165, 1.54) is 25.9 Å².